The van der Waals surface area contributed by atoms with Crippen LogP contribution >= 0.6 is 11.3 Å². The van der Waals surface area contributed by atoms with E-state index in [9.17, 15) is 4.79 Å². The van der Waals surface area contributed by atoms with Crippen LogP contribution in [0.15, 0.2) is 40.5 Å². The highest BCUT2D eigenvalue weighted by Crippen LogP contribution is 2.27. The average molecular weight is 302 g/mol. The highest BCUT2D eigenvalue weighted by atomic mass is 32.1. The summed E-state index contributed by atoms with van der Waals surface area (Å²) in [4.78, 5) is 14.4. The van der Waals surface area contributed by atoms with Gasteiger partial charge in [0.25, 0.3) is 0 Å². The third-order valence-electron chi connectivity index (χ3n) is 4.47. The SMILES string of the molecule is Cc1csc(=O)n1CCN1CCC(c2ccccc2)CC1. The van der Waals surface area contributed by atoms with Crippen molar-refractivity contribution in [2.45, 2.75) is 32.2 Å². The van der Waals surface area contributed by atoms with Crippen molar-refractivity contribution in [3.8, 4) is 0 Å². The lowest BCUT2D eigenvalue weighted by atomic mass is 9.89. The number of aryl methyl sites for hydroxylation is 1. The van der Waals surface area contributed by atoms with Gasteiger partial charge in [-0.05, 0) is 44.3 Å². The molecule has 3 rings (SSSR count). The van der Waals surface area contributed by atoms with E-state index in [2.05, 4.69) is 35.2 Å². The van der Waals surface area contributed by atoms with Crippen molar-refractivity contribution >= 4 is 11.3 Å². The summed E-state index contributed by atoms with van der Waals surface area (Å²) in [6.07, 6.45) is 2.45. The molecule has 0 spiro atoms. The van der Waals surface area contributed by atoms with Crippen LogP contribution in [0, 0.1) is 6.92 Å². The summed E-state index contributed by atoms with van der Waals surface area (Å²) in [5.74, 6) is 0.702. The van der Waals surface area contributed by atoms with Gasteiger partial charge in [-0.25, -0.2) is 0 Å². The Morgan fingerprint density at radius 3 is 2.48 bits per heavy atom. The van der Waals surface area contributed by atoms with Gasteiger partial charge in [0.2, 0.25) is 0 Å². The summed E-state index contributed by atoms with van der Waals surface area (Å²) < 4.78 is 1.90. The van der Waals surface area contributed by atoms with Gasteiger partial charge in [0.05, 0.1) is 0 Å². The molecule has 0 aliphatic carbocycles. The summed E-state index contributed by atoms with van der Waals surface area (Å²) in [5.41, 5.74) is 2.56. The molecule has 0 amide bonds. The van der Waals surface area contributed by atoms with Gasteiger partial charge in [-0.2, -0.15) is 0 Å². The minimum absolute atomic E-state index is 0.173. The maximum absolute atomic E-state index is 11.7. The third kappa shape index (κ3) is 3.44. The Morgan fingerprint density at radius 1 is 1.14 bits per heavy atom. The standard InChI is InChI=1S/C17H22N2OS/c1-14-13-21-17(20)19(14)12-11-18-9-7-16(8-10-18)15-5-3-2-4-6-15/h2-6,13,16H,7-12H2,1H3. The molecule has 1 saturated heterocycles. The zero-order chi connectivity index (χ0) is 14.7. The lowest BCUT2D eigenvalue weighted by molar-refractivity contribution is 0.204. The van der Waals surface area contributed by atoms with Gasteiger partial charge in [-0.3, -0.25) is 4.79 Å². The molecule has 1 fully saturated rings. The van der Waals surface area contributed by atoms with Gasteiger partial charge in [0.1, 0.15) is 0 Å². The van der Waals surface area contributed by atoms with Crippen molar-refractivity contribution in [1.29, 1.82) is 0 Å². The lowest BCUT2D eigenvalue weighted by Crippen LogP contribution is -2.36. The number of hydrogen-bond donors (Lipinski definition) is 0. The number of piperidine rings is 1. The van der Waals surface area contributed by atoms with Crippen molar-refractivity contribution in [3.63, 3.8) is 0 Å². The Labute approximate surface area is 129 Å². The van der Waals surface area contributed by atoms with Crippen LogP contribution in [0.2, 0.25) is 0 Å². The van der Waals surface area contributed by atoms with E-state index in [1.807, 2.05) is 16.9 Å². The molecule has 1 aromatic heterocycles. The average Bonchev–Trinajstić information content (AvgIpc) is 2.85. The normalized spacial score (nSPS) is 17.2. The molecular formula is C17H22N2OS. The molecule has 0 bridgehead atoms. The lowest BCUT2D eigenvalue weighted by Gasteiger charge is -2.32. The van der Waals surface area contributed by atoms with E-state index in [4.69, 9.17) is 0 Å². The molecule has 0 atom stereocenters. The van der Waals surface area contributed by atoms with E-state index in [0.717, 1.165) is 31.9 Å². The van der Waals surface area contributed by atoms with Crippen LogP contribution in [0.4, 0.5) is 0 Å². The van der Waals surface area contributed by atoms with E-state index >= 15 is 0 Å². The maximum Gasteiger partial charge on any atom is 0.307 e. The van der Waals surface area contributed by atoms with Gasteiger partial charge in [-0.15, -0.1) is 0 Å². The largest absolute Gasteiger partial charge is 0.307 e. The first-order chi connectivity index (χ1) is 10.2. The predicted octanol–water partition coefficient (Wildman–Crippen LogP) is 3.10. The van der Waals surface area contributed by atoms with Crippen LogP contribution in [0.5, 0.6) is 0 Å². The summed E-state index contributed by atoms with van der Waals surface area (Å²) in [5, 5.41) is 1.95. The van der Waals surface area contributed by atoms with Crippen LogP contribution in [0.25, 0.3) is 0 Å². The number of hydrogen-bond acceptors (Lipinski definition) is 3. The molecule has 1 aliphatic rings. The second-order valence-corrected chi connectivity index (χ2v) is 6.64. The first kappa shape index (κ1) is 14.5. The molecule has 4 heteroatoms. The van der Waals surface area contributed by atoms with Crippen LogP contribution in [0.3, 0.4) is 0 Å². The summed E-state index contributed by atoms with van der Waals surface area (Å²) in [7, 11) is 0. The molecule has 21 heavy (non-hydrogen) atoms. The maximum atomic E-state index is 11.7. The number of rotatable bonds is 4. The zero-order valence-corrected chi connectivity index (χ0v) is 13.3. The van der Waals surface area contributed by atoms with Crippen LogP contribution < -0.4 is 4.87 Å². The number of nitrogens with zero attached hydrogens (tertiary/aromatic N) is 2. The second-order valence-electron chi connectivity index (χ2n) is 5.82. The molecule has 1 aromatic carbocycles. The van der Waals surface area contributed by atoms with E-state index in [0.29, 0.717) is 5.92 Å². The molecule has 0 saturated carbocycles. The second kappa shape index (κ2) is 6.58. The summed E-state index contributed by atoms with van der Waals surface area (Å²) in [6, 6.07) is 10.8. The van der Waals surface area contributed by atoms with Crippen LogP contribution in [0.1, 0.15) is 30.0 Å². The molecule has 0 radical (unpaired) electrons. The Hall–Kier alpha value is -1.39. The van der Waals surface area contributed by atoms with Crippen molar-refractivity contribution in [2.24, 2.45) is 0 Å². The Kier molecular flexibility index (Phi) is 4.56. The minimum Gasteiger partial charge on any atom is -0.302 e. The minimum atomic E-state index is 0.173. The zero-order valence-electron chi connectivity index (χ0n) is 12.5. The van der Waals surface area contributed by atoms with Gasteiger partial charge in [-0.1, -0.05) is 41.7 Å². The molecule has 3 nitrogen and oxygen atoms in total. The summed E-state index contributed by atoms with van der Waals surface area (Å²) >= 11 is 1.30. The van der Waals surface area contributed by atoms with E-state index in [1.54, 1.807) is 0 Å². The summed E-state index contributed by atoms with van der Waals surface area (Å²) in [6.45, 7) is 6.09. The Balaban J connectivity index is 1.51. The van der Waals surface area contributed by atoms with Crippen molar-refractivity contribution < 1.29 is 0 Å². The number of aromatic nitrogens is 1. The molecule has 2 aromatic rings. The van der Waals surface area contributed by atoms with Crippen LogP contribution in [-0.4, -0.2) is 29.1 Å². The molecule has 112 valence electrons. The monoisotopic (exact) mass is 302 g/mol. The molecule has 0 unspecified atom stereocenters. The van der Waals surface area contributed by atoms with Gasteiger partial charge >= 0.3 is 4.87 Å². The van der Waals surface area contributed by atoms with Gasteiger partial charge < -0.3 is 9.47 Å². The van der Waals surface area contributed by atoms with E-state index in [1.165, 1.54) is 29.7 Å². The van der Waals surface area contributed by atoms with Crippen LogP contribution in [-0.2, 0) is 6.54 Å². The quantitative estimate of drug-likeness (QED) is 0.867. The number of benzene rings is 1. The fourth-order valence-electron chi connectivity index (χ4n) is 3.13. The smallest absolute Gasteiger partial charge is 0.302 e. The highest BCUT2D eigenvalue weighted by molar-refractivity contribution is 7.07. The van der Waals surface area contributed by atoms with Gasteiger partial charge in [0.15, 0.2) is 0 Å². The van der Waals surface area contributed by atoms with E-state index < -0.39 is 0 Å². The first-order valence-electron chi connectivity index (χ1n) is 7.66. The Bertz CT molecular complexity index is 624. The van der Waals surface area contributed by atoms with Crippen molar-refractivity contribution in [1.82, 2.24) is 9.47 Å². The first-order valence-corrected chi connectivity index (χ1v) is 8.54. The van der Waals surface area contributed by atoms with E-state index in [-0.39, 0.29) is 4.87 Å². The van der Waals surface area contributed by atoms with Gasteiger partial charge in [0, 0.05) is 24.2 Å². The fraction of sp³-hybridized carbons (Fsp3) is 0.471. The highest BCUT2D eigenvalue weighted by Gasteiger charge is 2.20. The number of likely N-dealkylation sites (tertiary alicyclic amines) is 1. The Morgan fingerprint density at radius 2 is 1.86 bits per heavy atom. The molecule has 1 aliphatic heterocycles. The molecule has 0 N–H and O–H groups in total. The topological polar surface area (TPSA) is 25.2 Å². The number of thiazole rings is 1. The van der Waals surface area contributed by atoms with Crippen molar-refractivity contribution in [3.05, 3.63) is 56.6 Å². The third-order valence-corrected chi connectivity index (χ3v) is 5.36. The molecular weight excluding hydrogens is 280 g/mol. The molecule has 2 heterocycles. The fourth-order valence-corrected chi connectivity index (χ4v) is 3.89. The van der Waals surface area contributed by atoms with Crippen molar-refractivity contribution in [2.75, 3.05) is 19.6 Å². The predicted molar refractivity (Wildman–Crippen MR) is 88.2 cm³/mol.